The van der Waals surface area contributed by atoms with Crippen LogP contribution in [0.15, 0.2) is 74.4 Å². The van der Waals surface area contributed by atoms with Crippen molar-refractivity contribution in [3.63, 3.8) is 0 Å². The van der Waals surface area contributed by atoms with Crippen LogP contribution in [0, 0.1) is 5.82 Å². The van der Waals surface area contributed by atoms with Crippen molar-refractivity contribution in [3.8, 4) is 11.5 Å². The number of ether oxygens (including phenoxy) is 2. The van der Waals surface area contributed by atoms with Crippen LogP contribution in [0.4, 0.5) is 10.1 Å². The maximum atomic E-state index is 13.1. The van der Waals surface area contributed by atoms with E-state index in [1.165, 1.54) is 18.2 Å². The summed E-state index contributed by atoms with van der Waals surface area (Å²) in [6.07, 6.45) is 0. The number of hydrogen-bond acceptors (Lipinski definition) is 5. The first-order chi connectivity index (χ1) is 14.9. The fraction of sp³-hybridized carbons (Fsp3) is 0.136. The van der Waals surface area contributed by atoms with Gasteiger partial charge in [-0.25, -0.2) is 4.39 Å². The summed E-state index contributed by atoms with van der Waals surface area (Å²) in [5.41, 5.74) is 1.77. The molecule has 1 aliphatic rings. The van der Waals surface area contributed by atoms with Crippen molar-refractivity contribution in [2.24, 2.45) is 4.40 Å². The van der Waals surface area contributed by atoms with Crippen LogP contribution < -0.4 is 14.8 Å². The van der Waals surface area contributed by atoms with Crippen LogP contribution in [-0.2, 0) is 16.6 Å². The van der Waals surface area contributed by atoms with E-state index >= 15 is 0 Å². The first kappa shape index (κ1) is 21.3. The topological polar surface area (TPSA) is 77.0 Å². The Kier molecular flexibility index (Phi) is 5.97. The van der Waals surface area contributed by atoms with Crippen molar-refractivity contribution in [2.45, 2.75) is 18.4 Å². The number of nitrogens with zero attached hydrogens (tertiary/aromatic N) is 1. The highest BCUT2D eigenvalue weighted by Crippen LogP contribution is 2.38. The fourth-order valence-electron chi connectivity index (χ4n) is 3.08. The Labute approximate surface area is 187 Å². The Morgan fingerprint density at radius 2 is 1.81 bits per heavy atom. The normalized spacial score (nSPS) is 14.2. The molecule has 1 aliphatic heterocycles. The first-order valence-corrected chi connectivity index (χ1v) is 11.7. The molecule has 0 aliphatic carbocycles. The van der Waals surface area contributed by atoms with Crippen molar-refractivity contribution >= 4 is 37.5 Å². The van der Waals surface area contributed by atoms with Gasteiger partial charge in [-0.05, 0) is 64.8 Å². The predicted octanol–water partition coefficient (Wildman–Crippen LogP) is 5.13. The molecule has 0 aromatic heterocycles. The molecule has 3 aromatic carbocycles. The van der Waals surface area contributed by atoms with E-state index in [0.29, 0.717) is 33.8 Å². The van der Waals surface area contributed by atoms with Crippen LogP contribution in [0.1, 0.15) is 18.1 Å². The third kappa shape index (κ3) is 4.57. The number of fused-ring (bicyclic) bond motifs is 1. The summed E-state index contributed by atoms with van der Waals surface area (Å²) in [5, 5.41) is 3.07. The van der Waals surface area contributed by atoms with E-state index in [2.05, 4.69) is 25.6 Å². The molecular weight excluding hydrogens is 487 g/mol. The Hall–Kier alpha value is -2.91. The van der Waals surface area contributed by atoms with Crippen molar-refractivity contribution < 1.29 is 22.3 Å². The van der Waals surface area contributed by atoms with Crippen LogP contribution in [0.5, 0.6) is 11.5 Å². The molecule has 9 heteroatoms. The number of halogens is 2. The molecule has 0 saturated heterocycles. The van der Waals surface area contributed by atoms with Crippen molar-refractivity contribution in [1.82, 2.24) is 0 Å². The average molecular weight is 505 g/mol. The lowest BCUT2D eigenvalue weighted by Crippen LogP contribution is -2.22. The smallest absolute Gasteiger partial charge is 0.286 e. The van der Waals surface area contributed by atoms with Gasteiger partial charge in [0.1, 0.15) is 17.3 Å². The van der Waals surface area contributed by atoms with Crippen LogP contribution in [-0.4, -0.2) is 20.9 Å². The number of rotatable bonds is 6. The van der Waals surface area contributed by atoms with Gasteiger partial charge in [0, 0.05) is 5.56 Å². The minimum Gasteiger partial charge on any atom is -0.490 e. The zero-order valence-electron chi connectivity index (χ0n) is 16.4. The molecule has 0 spiro atoms. The molecule has 3 aromatic rings. The number of para-hydroxylation sites is 1. The van der Waals surface area contributed by atoms with Crippen LogP contribution in [0.3, 0.4) is 0 Å². The molecule has 0 fully saturated rings. The molecular formula is C22H18BrFN2O4S. The lowest BCUT2D eigenvalue weighted by atomic mass is 10.1. The number of sulfonamides is 1. The number of amidine groups is 1. The summed E-state index contributed by atoms with van der Waals surface area (Å²) in [7, 11) is -3.83. The number of anilines is 1. The van der Waals surface area contributed by atoms with E-state index in [-0.39, 0.29) is 23.2 Å². The maximum Gasteiger partial charge on any atom is 0.286 e. The molecule has 31 heavy (non-hydrogen) atoms. The van der Waals surface area contributed by atoms with E-state index in [1.807, 2.05) is 6.92 Å². The van der Waals surface area contributed by atoms with Crippen LogP contribution in [0.2, 0.25) is 0 Å². The molecule has 0 atom stereocenters. The van der Waals surface area contributed by atoms with E-state index in [4.69, 9.17) is 9.47 Å². The van der Waals surface area contributed by atoms with Crippen molar-refractivity contribution in [2.75, 3.05) is 11.9 Å². The standard InChI is InChI=1S/C22H18BrFN2O4S/c1-2-29-19-12-15(22-25-18-5-3-4-6-20(18)31(27,28)26-22)11-17(23)21(19)30-13-14-7-9-16(24)10-8-14/h3-12H,2,13H2,1H3,(H,25,26). The molecule has 0 bridgehead atoms. The lowest BCUT2D eigenvalue weighted by molar-refractivity contribution is 0.267. The highest BCUT2D eigenvalue weighted by Gasteiger charge is 2.26. The largest absolute Gasteiger partial charge is 0.490 e. The number of hydrogen-bond donors (Lipinski definition) is 1. The third-order valence-electron chi connectivity index (χ3n) is 4.51. The summed E-state index contributed by atoms with van der Waals surface area (Å²) in [6, 6.07) is 16.0. The lowest BCUT2D eigenvalue weighted by Gasteiger charge is -2.20. The zero-order valence-corrected chi connectivity index (χ0v) is 18.8. The Balaban J connectivity index is 1.67. The van der Waals surface area contributed by atoms with Gasteiger partial charge >= 0.3 is 0 Å². The monoisotopic (exact) mass is 504 g/mol. The maximum absolute atomic E-state index is 13.1. The molecule has 0 amide bonds. The first-order valence-electron chi connectivity index (χ1n) is 9.42. The van der Waals surface area contributed by atoms with E-state index in [0.717, 1.165) is 5.56 Å². The van der Waals surface area contributed by atoms with E-state index in [9.17, 15) is 12.8 Å². The van der Waals surface area contributed by atoms with Gasteiger partial charge in [-0.3, -0.25) is 0 Å². The Morgan fingerprint density at radius 1 is 1.06 bits per heavy atom. The zero-order chi connectivity index (χ0) is 22.0. The molecule has 4 rings (SSSR count). The van der Waals surface area contributed by atoms with Gasteiger partial charge in [-0.2, -0.15) is 8.42 Å². The minimum absolute atomic E-state index is 0.127. The second kappa shape index (κ2) is 8.68. The van der Waals surface area contributed by atoms with Crippen molar-refractivity contribution in [1.29, 1.82) is 0 Å². The van der Waals surface area contributed by atoms with Gasteiger partial charge in [0.2, 0.25) is 0 Å². The van der Waals surface area contributed by atoms with Crippen LogP contribution in [0.25, 0.3) is 0 Å². The van der Waals surface area contributed by atoms with Gasteiger partial charge in [0.15, 0.2) is 17.3 Å². The van der Waals surface area contributed by atoms with Crippen molar-refractivity contribution in [3.05, 3.63) is 82.1 Å². The minimum atomic E-state index is -3.83. The summed E-state index contributed by atoms with van der Waals surface area (Å²) in [4.78, 5) is 0.127. The quantitative estimate of drug-likeness (QED) is 0.503. The fourth-order valence-corrected chi connectivity index (χ4v) is 4.78. The second-order valence-corrected chi connectivity index (χ2v) is 9.10. The molecule has 1 N–H and O–H groups in total. The Morgan fingerprint density at radius 3 is 2.55 bits per heavy atom. The SMILES string of the molecule is CCOc1cc(C2=NS(=O)(=O)c3ccccc3N2)cc(Br)c1OCc1ccc(F)cc1. The third-order valence-corrected chi connectivity index (χ3v) is 6.43. The van der Waals surface area contributed by atoms with Gasteiger partial charge in [-0.1, -0.05) is 24.3 Å². The average Bonchev–Trinajstić information content (AvgIpc) is 2.74. The molecule has 160 valence electrons. The van der Waals surface area contributed by atoms with Gasteiger partial charge < -0.3 is 14.8 Å². The molecule has 0 radical (unpaired) electrons. The van der Waals surface area contributed by atoms with E-state index in [1.54, 1.807) is 42.5 Å². The van der Waals surface area contributed by atoms with Gasteiger partial charge in [-0.15, -0.1) is 4.40 Å². The Bertz CT molecular complexity index is 1260. The molecule has 1 heterocycles. The number of benzene rings is 3. The molecule has 0 saturated carbocycles. The molecule has 0 unspecified atom stereocenters. The van der Waals surface area contributed by atoms with Crippen LogP contribution >= 0.6 is 15.9 Å². The van der Waals surface area contributed by atoms with E-state index < -0.39 is 10.0 Å². The number of nitrogens with one attached hydrogen (secondary N) is 1. The summed E-state index contributed by atoms with van der Waals surface area (Å²) < 4.78 is 54.4. The highest BCUT2D eigenvalue weighted by atomic mass is 79.9. The summed E-state index contributed by atoms with van der Waals surface area (Å²) in [6.45, 7) is 2.42. The summed E-state index contributed by atoms with van der Waals surface area (Å²) in [5.74, 6) is 0.747. The second-order valence-electron chi connectivity index (χ2n) is 6.67. The van der Waals surface area contributed by atoms with Gasteiger partial charge in [0.25, 0.3) is 10.0 Å². The highest BCUT2D eigenvalue weighted by molar-refractivity contribution is 9.10. The summed E-state index contributed by atoms with van der Waals surface area (Å²) >= 11 is 3.48. The molecule has 6 nitrogen and oxygen atoms in total. The predicted molar refractivity (Wildman–Crippen MR) is 120 cm³/mol. The van der Waals surface area contributed by atoms with Gasteiger partial charge in [0.05, 0.1) is 16.8 Å².